The van der Waals surface area contributed by atoms with Crippen molar-refractivity contribution in [1.82, 2.24) is 4.98 Å². The Balaban J connectivity index is 1.99. The van der Waals surface area contributed by atoms with Gasteiger partial charge < -0.3 is 10.8 Å². The van der Waals surface area contributed by atoms with Gasteiger partial charge in [0, 0.05) is 18.1 Å². The number of para-hydroxylation sites is 1. The Morgan fingerprint density at radius 1 is 1.33 bits per heavy atom. The number of rotatable bonds is 6. The third kappa shape index (κ3) is 2.76. The Labute approximate surface area is 124 Å². The van der Waals surface area contributed by atoms with Gasteiger partial charge >= 0.3 is 5.97 Å². The average molecular weight is 284 g/mol. The van der Waals surface area contributed by atoms with Crippen molar-refractivity contribution in [2.75, 3.05) is 6.54 Å². The molecule has 21 heavy (non-hydrogen) atoms. The maximum absolute atomic E-state index is 11.9. The predicted molar refractivity (Wildman–Crippen MR) is 81.9 cm³/mol. The van der Waals surface area contributed by atoms with E-state index in [1.54, 1.807) is 6.20 Å². The molecule has 110 valence electrons. The predicted octanol–water partition coefficient (Wildman–Crippen LogP) is 2.61. The van der Waals surface area contributed by atoms with E-state index in [1.807, 2.05) is 30.3 Å². The van der Waals surface area contributed by atoms with Gasteiger partial charge in [-0.1, -0.05) is 31.0 Å². The summed E-state index contributed by atoms with van der Waals surface area (Å²) >= 11 is 0. The quantitative estimate of drug-likeness (QED) is 0.855. The lowest BCUT2D eigenvalue weighted by Gasteiger charge is -2.28. The fraction of sp³-hybridized carbons (Fsp3) is 0.412. The molecule has 4 heteroatoms. The van der Waals surface area contributed by atoms with Crippen LogP contribution in [-0.4, -0.2) is 22.6 Å². The number of aromatic nitrogens is 1. The van der Waals surface area contributed by atoms with Crippen molar-refractivity contribution < 1.29 is 9.90 Å². The topological polar surface area (TPSA) is 76.2 Å². The normalized spacial score (nSPS) is 17.6. The Morgan fingerprint density at radius 2 is 2.10 bits per heavy atom. The van der Waals surface area contributed by atoms with Crippen LogP contribution in [0.5, 0.6) is 0 Å². The molecule has 0 bridgehead atoms. The second kappa shape index (κ2) is 5.45. The van der Waals surface area contributed by atoms with Crippen LogP contribution in [0.25, 0.3) is 10.9 Å². The van der Waals surface area contributed by atoms with Crippen molar-refractivity contribution in [1.29, 1.82) is 0 Å². The molecule has 3 N–H and O–H groups in total. The van der Waals surface area contributed by atoms with E-state index in [0.29, 0.717) is 18.8 Å². The summed E-state index contributed by atoms with van der Waals surface area (Å²) in [5.74, 6) is -0.254. The Morgan fingerprint density at radius 3 is 2.76 bits per heavy atom. The lowest BCUT2D eigenvalue weighted by molar-refractivity contribution is -0.149. The van der Waals surface area contributed by atoms with E-state index in [0.717, 1.165) is 29.3 Å². The number of fused-ring (bicyclic) bond motifs is 1. The molecule has 1 unspecified atom stereocenters. The molecule has 0 saturated heterocycles. The highest BCUT2D eigenvalue weighted by Crippen LogP contribution is 2.42. The third-order valence-electron chi connectivity index (χ3n) is 4.49. The smallest absolute Gasteiger partial charge is 0.311 e. The highest BCUT2D eigenvalue weighted by atomic mass is 16.4. The first-order valence-electron chi connectivity index (χ1n) is 7.41. The summed E-state index contributed by atoms with van der Waals surface area (Å²) in [6, 6.07) is 9.76. The van der Waals surface area contributed by atoms with E-state index in [1.165, 1.54) is 0 Å². The molecule has 2 aromatic rings. The number of carbonyl (C=O) groups is 1. The van der Waals surface area contributed by atoms with Crippen molar-refractivity contribution in [3.8, 4) is 0 Å². The summed E-state index contributed by atoms with van der Waals surface area (Å²) in [5, 5.41) is 10.8. The zero-order valence-electron chi connectivity index (χ0n) is 12.0. The second-order valence-electron chi connectivity index (χ2n) is 6.10. The van der Waals surface area contributed by atoms with Crippen molar-refractivity contribution in [3.63, 3.8) is 0 Å². The van der Waals surface area contributed by atoms with Crippen molar-refractivity contribution in [2.24, 2.45) is 17.1 Å². The van der Waals surface area contributed by atoms with Crippen LogP contribution >= 0.6 is 0 Å². The van der Waals surface area contributed by atoms with Crippen LogP contribution in [0.2, 0.25) is 0 Å². The number of pyridine rings is 1. The molecule has 4 nitrogen and oxygen atoms in total. The molecule has 0 amide bonds. The van der Waals surface area contributed by atoms with E-state index in [4.69, 9.17) is 5.73 Å². The summed E-state index contributed by atoms with van der Waals surface area (Å²) in [4.78, 5) is 16.2. The fourth-order valence-corrected chi connectivity index (χ4v) is 3.03. The third-order valence-corrected chi connectivity index (χ3v) is 4.49. The molecule has 1 atom stereocenters. The summed E-state index contributed by atoms with van der Waals surface area (Å²) in [5.41, 5.74) is 6.95. The number of carboxylic acid groups (broad SMARTS) is 1. The summed E-state index contributed by atoms with van der Waals surface area (Å²) < 4.78 is 0. The lowest BCUT2D eigenvalue weighted by Crippen LogP contribution is -2.41. The molecule has 3 rings (SSSR count). The molecule has 0 radical (unpaired) electrons. The van der Waals surface area contributed by atoms with E-state index in [9.17, 15) is 9.90 Å². The van der Waals surface area contributed by atoms with Gasteiger partial charge in [-0.15, -0.1) is 0 Å². The van der Waals surface area contributed by atoms with Gasteiger partial charge in [0.1, 0.15) is 0 Å². The molecule has 1 fully saturated rings. The number of carboxylic acids is 1. The zero-order chi connectivity index (χ0) is 14.9. The molecule has 0 aliphatic heterocycles. The van der Waals surface area contributed by atoms with Gasteiger partial charge in [0.2, 0.25) is 0 Å². The number of hydrogen-bond donors (Lipinski definition) is 2. The van der Waals surface area contributed by atoms with Crippen LogP contribution in [0, 0.1) is 11.3 Å². The van der Waals surface area contributed by atoms with Crippen molar-refractivity contribution in [3.05, 3.63) is 42.1 Å². The lowest BCUT2D eigenvalue weighted by atomic mass is 9.76. The van der Waals surface area contributed by atoms with Gasteiger partial charge in [-0.05, 0) is 36.5 Å². The first-order valence-corrected chi connectivity index (χ1v) is 7.41. The molecular weight excluding hydrogens is 264 g/mol. The Kier molecular flexibility index (Phi) is 3.64. The van der Waals surface area contributed by atoms with Crippen LogP contribution in [0.1, 0.15) is 24.8 Å². The first kappa shape index (κ1) is 14.0. The minimum atomic E-state index is -0.856. The van der Waals surface area contributed by atoms with Gasteiger partial charge in [-0.3, -0.25) is 9.78 Å². The molecular formula is C17H20N2O2. The minimum Gasteiger partial charge on any atom is -0.481 e. The van der Waals surface area contributed by atoms with Crippen LogP contribution < -0.4 is 5.73 Å². The summed E-state index contributed by atoms with van der Waals surface area (Å²) in [6.45, 7) is 0.176. The first-order chi connectivity index (χ1) is 10.1. The van der Waals surface area contributed by atoms with Gasteiger partial charge in [0.15, 0.2) is 0 Å². The van der Waals surface area contributed by atoms with E-state index < -0.39 is 11.4 Å². The molecule has 0 spiro atoms. The van der Waals surface area contributed by atoms with Crippen LogP contribution in [-0.2, 0) is 11.2 Å². The molecule has 1 aromatic heterocycles. The van der Waals surface area contributed by atoms with Crippen LogP contribution in [0.4, 0.5) is 0 Å². The Bertz CT molecular complexity index is 661. The van der Waals surface area contributed by atoms with Gasteiger partial charge in [0.05, 0.1) is 10.9 Å². The van der Waals surface area contributed by atoms with Crippen LogP contribution in [0.3, 0.4) is 0 Å². The summed E-state index contributed by atoms with van der Waals surface area (Å²) in [7, 11) is 0. The number of nitrogens with zero attached hydrogens (tertiary/aromatic N) is 1. The molecule has 1 aromatic carbocycles. The molecule has 1 saturated carbocycles. The van der Waals surface area contributed by atoms with E-state index in [-0.39, 0.29) is 6.54 Å². The monoisotopic (exact) mass is 284 g/mol. The van der Waals surface area contributed by atoms with Gasteiger partial charge in [-0.2, -0.15) is 0 Å². The standard InChI is InChI=1S/C17H20N2O2/c18-11-17(16(20)21,9-12-5-6-12)10-13-7-8-19-15-4-2-1-3-14(13)15/h1-4,7-8,12H,5-6,9-11,18H2,(H,20,21). The maximum atomic E-state index is 11.9. The number of nitrogens with two attached hydrogens (primary N) is 1. The van der Waals surface area contributed by atoms with E-state index in [2.05, 4.69) is 4.98 Å². The highest BCUT2D eigenvalue weighted by molar-refractivity contribution is 5.83. The molecule has 1 aliphatic carbocycles. The Hall–Kier alpha value is -1.94. The maximum Gasteiger partial charge on any atom is 0.311 e. The number of hydrogen-bond acceptors (Lipinski definition) is 3. The molecule has 1 aliphatic rings. The highest BCUT2D eigenvalue weighted by Gasteiger charge is 2.42. The summed E-state index contributed by atoms with van der Waals surface area (Å²) in [6.07, 6.45) is 5.16. The zero-order valence-corrected chi connectivity index (χ0v) is 12.0. The largest absolute Gasteiger partial charge is 0.481 e. The molecule has 1 heterocycles. The minimum absolute atomic E-state index is 0.176. The SMILES string of the molecule is NCC(Cc1ccnc2ccccc12)(CC1CC1)C(=O)O. The average Bonchev–Trinajstić information content (AvgIpc) is 3.30. The van der Waals surface area contributed by atoms with E-state index >= 15 is 0 Å². The van der Waals surface area contributed by atoms with Gasteiger partial charge in [0.25, 0.3) is 0 Å². The van der Waals surface area contributed by atoms with Crippen molar-refractivity contribution in [2.45, 2.75) is 25.7 Å². The second-order valence-corrected chi connectivity index (χ2v) is 6.10. The van der Waals surface area contributed by atoms with Crippen molar-refractivity contribution >= 4 is 16.9 Å². The van der Waals surface area contributed by atoms with Crippen LogP contribution in [0.15, 0.2) is 36.5 Å². The number of benzene rings is 1. The number of aliphatic carboxylic acids is 1. The van der Waals surface area contributed by atoms with Gasteiger partial charge in [-0.25, -0.2) is 0 Å². The fourth-order valence-electron chi connectivity index (χ4n) is 3.03.